The molecule has 4 heteroatoms. The molecule has 4 nitrogen and oxygen atoms in total. The molecular weight excluding hydrogens is 292 g/mol. The van der Waals surface area contributed by atoms with Crippen molar-refractivity contribution >= 4 is 44.3 Å². The predicted octanol–water partition coefficient (Wildman–Crippen LogP) is 4.46. The van der Waals surface area contributed by atoms with Gasteiger partial charge in [-0.1, -0.05) is 54.6 Å². The quantitative estimate of drug-likeness (QED) is 0.345. The molecule has 0 bridgehead atoms. The Morgan fingerprint density at radius 2 is 1.43 bits per heavy atom. The van der Waals surface area contributed by atoms with E-state index in [4.69, 9.17) is 5.11 Å². The van der Waals surface area contributed by atoms with Crippen molar-refractivity contribution in [1.82, 2.24) is 0 Å². The Bertz CT molecular complexity index is 1050. The average Bonchev–Trinajstić information content (AvgIpc) is 2.57. The third-order valence-electron chi connectivity index (χ3n) is 4.16. The van der Waals surface area contributed by atoms with E-state index < -0.39 is 12.8 Å². The average molecular weight is 304 g/mol. The summed E-state index contributed by atoms with van der Waals surface area (Å²) in [6.07, 6.45) is -1.45. The molecule has 0 amide bonds. The highest BCUT2D eigenvalue weighted by molar-refractivity contribution is 6.26. The Balaban J connectivity index is 2.00. The fourth-order valence-corrected chi connectivity index (χ4v) is 3.18. The lowest BCUT2D eigenvalue weighted by atomic mass is 9.91. The highest BCUT2D eigenvalue weighted by Crippen LogP contribution is 2.35. The van der Waals surface area contributed by atoms with Crippen LogP contribution in [0.1, 0.15) is 10.4 Å². The van der Waals surface area contributed by atoms with Crippen LogP contribution in [0.15, 0.2) is 54.6 Å². The van der Waals surface area contributed by atoms with Gasteiger partial charge in [0.15, 0.2) is 6.61 Å². The summed E-state index contributed by atoms with van der Waals surface area (Å²) in [7, 11) is 0. The van der Waals surface area contributed by atoms with E-state index >= 15 is 0 Å². The van der Waals surface area contributed by atoms with Gasteiger partial charge in [-0.3, -0.25) is 4.79 Å². The summed E-state index contributed by atoms with van der Waals surface area (Å²) in [6, 6.07) is 17.7. The lowest BCUT2D eigenvalue weighted by Crippen LogP contribution is -2.12. The van der Waals surface area contributed by atoms with E-state index in [1.165, 1.54) is 0 Å². The molecule has 0 spiro atoms. The van der Waals surface area contributed by atoms with Gasteiger partial charge in [0.05, 0.1) is 0 Å². The van der Waals surface area contributed by atoms with Crippen LogP contribution >= 0.6 is 0 Å². The summed E-state index contributed by atoms with van der Waals surface area (Å²) in [4.78, 5) is 22.8. The minimum atomic E-state index is -1.45. The van der Waals surface area contributed by atoms with Crippen LogP contribution in [0, 0.1) is 0 Å². The van der Waals surface area contributed by atoms with Crippen molar-refractivity contribution < 1.29 is 19.4 Å². The number of carbonyl (C=O) groups is 2. The van der Waals surface area contributed by atoms with Gasteiger partial charge in [0, 0.05) is 5.56 Å². The first kappa shape index (κ1) is 13.5. The molecule has 0 aliphatic carbocycles. The first-order valence-corrected chi connectivity index (χ1v) is 7.20. The van der Waals surface area contributed by atoms with Gasteiger partial charge in [-0.15, -0.1) is 0 Å². The molecule has 0 aliphatic rings. The molecule has 0 fully saturated rings. The standard InChI is InChI=1S/C19H12O4/c20-16(10-23-19(21)22)14-8-6-13-5-4-11-2-1-3-12-7-9-15(14)18(13)17(11)12/h1-9H,10H2,(H,21,22). The molecule has 0 heterocycles. The number of ether oxygens (including phenoxy) is 1. The molecule has 0 saturated heterocycles. The van der Waals surface area contributed by atoms with E-state index in [2.05, 4.69) is 10.8 Å². The first-order chi connectivity index (χ1) is 11.1. The van der Waals surface area contributed by atoms with Crippen LogP contribution in [0.5, 0.6) is 0 Å². The Hall–Kier alpha value is -3.14. The summed E-state index contributed by atoms with van der Waals surface area (Å²) in [5.41, 5.74) is 0.483. The second-order valence-electron chi connectivity index (χ2n) is 5.45. The zero-order chi connectivity index (χ0) is 16.0. The van der Waals surface area contributed by atoms with E-state index in [1.54, 1.807) is 6.07 Å². The molecular formula is C19H12O4. The number of Topliss-reactive ketones (excluding diaryl/α,β-unsaturated/α-hetero) is 1. The van der Waals surface area contributed by atoms with E-state index in [0.717, 1.165) is 32.3 Å². The number of carbonyl (C=O) groups excluding carboxylic acids is 1. The molecule has 0 radical (unpaired) electrons. The van der Waals surface area contributed by atoms with Gasteiger partial charge in [0.1, 0.15) is 0 Å². The third kappa shape index (κ3) is 2.07. The van der Waals surface area contributed by atoms with Crippen LogP contribution in [0.25, 0.3) is 32.3 Å². The lowest BCUT2D eigenvalue weighted by Gasteiger charge is -2.13. The summed E-state index contributed by atoms with van der Waals surface area (Å²) >= 11 is 0. The number of benzene rings is 4. The van der Waals surface area contributed by atoms with Gasteiger partial charge >= 0.3 is 6.16 Å². The van der Waals surface area contributed by atoms with Crippen LogP contribution in [-0.2, 0) is 4.74 Å². The number of hydrogen-bond donors (Lipinski definition) is 1. The topological polar surface area (TPSA) is 63.6 Å². The fourth-order valence-electron chi connectivity index (χ4n) is 3.18. The summed E-state index contributed by atoms with van der Waals surface area (Å²) in [5.74, 6) is -0.342. The van der Waals surface area contributed by atoms with Gasteiger partial charge in [0.2, 0.25) is 5.78 Å². The van der Waals surface area contributed by atoms with Crippen molar-refractivity contribution in [3.63, 3.8) is 0 Å². The monoisotopic (exact) mass is 304 g/mol. The molecule has 23 heavy (non-hydrogen) atoms. The first-order valence-electron chi connectivity index (χ1n) is 7.20. The van der Waals surface area contributed by atoms with Crippen molar-refractivity contribution in [3.8, 4) is 0 Å². The SMILES string of the molecule is O=C(O)OCC(=O)c1ccc2ccc3cccc4ccc1c2c34. The Kier molecular flexibility index (Phi) is 2.91. The maximum Gasteiger partial charge on any atom is 0.506 e. The molecule has 1 N–H and O–H groups in total. The largest absolute Gasteiger partial charge is 0.506 e. The van der Waals surface area contributed by atoms with E-state index in [-0.39, 0.29) is 5.78 Å². The van der Waals surface area contributed by atoms with Gasteiger partial charge in [0.25, 0.3) is 0 Å². The van der Waals surface area contributed by atoms with Gasteiger partial charge in [-0.2, -0.15) is 0 Å². The number of ketones is 1. The van der Waals surface area contributed by atoms with Crippen molar-refractivity contribution in [2.24, 2.45) is 0 Å². The molecule has 4 aromatic carbocycles. The maximum absolute atomic E-state index is 12.3. The lowest BCUT2D eigenvalue weighted by molar-refractivity contribution is 0.0705. The van der Waals surface area contributed by atoms with Crippen molar-refractivity contribution in [1.29, 1.82) is 0 Å². The summed E-state index contributed by atoms with van der Waals surface area (Å²) in [5, 5.41) is 14.8. The van der Waals surface area contributed by atoms with E-state index in [9.17, 15) is 9.59 Å². The van der Waals surface area contributed by atoms with E-state index in [0.29, 0.717) is 5.56 Å². The molecule has 0 saturated carbocycles. The van der Waals surface area contributed by atoms with Crippen LogP contribution in [0.4, 0.5) is 4.79 Å². The van der Waals surface area contributed by atoms with Crippen molar-refractivity contribution in [3.05, 3.63) is 60.2 Å². The molecule has 0 aromatic heterocycles. The van der Waals surface area contributed by atoms with Crippen molar-refractivity contribution in [2.45, 2.75) is 0 Å². The van der Waals surface area contributed by atoms with Crippen LogP contribution < -0.4 is 0 Å². The number of hydrogen-bond acceptors (Lipinski definition) is 3. The molecule has 112 valence electrons. The molecule has 4 aromatic rings. The normalized spacial score (nSPS) is 11.3. The second-order valence-corrected chi connectivity index (χ2v) is 5.45. The minimum Gasteiger partial charge on any atom is -0.450 e. The highest BCUT2D eigenvalue weighted by Gasteiger charge is 2.16. The number of rotatable bonds is 3. The zero-order valence-corrected chi connectivity index (χ0v) is 12.1. The smallest absolute Gasteiger partial charge is 0.450 e. The summed E-state index contributed by atoms with van der Waals surface area (Å²) in [6.45, 7) is -0.473. The maximum atomic E-state index is 12.3. The summed E-state index contributed by atoms with van der Waals surface area (Å²) < 4.78 is 4.42. The van der Waals surface area contributed by atoms with Crippen LogP contribution in [0.2, 0.25) is 0 Å². The second kappa shape index (κ2) is 4.95. The molecule has 0 atom stereocenters. The molecule has 0 unspecified atom stereocenters. The van der Waals surface area contributed by atoms with Gasteiger partial charge in [-0.05, 0) is 32.3 Å². The number of carboxylic acid groups (broad SMARTS) is 1. The van der Waals surface area contributed by atoms with Crippen LogP contribution in [-0.4, -0.2) is 23.7 Å². The van der Waals surface area contributed by atoms with Crippen LogP contribution in [0.3, 0.4) is 0 Å². The Morgan fingerprint density at radius 1 is 0.826 bits per heavy atom. The predicted molar refractivity (Wildman–Crippen MR) is 88.5 cm³/mol. The molecule has 4 rings (SSSR count). The molecule has 0 aliphatic heterocycles. The fraction of sp³-hybridized carbons (Fsp3) is 0.0526. The Morgan fingerprint density at radius 3 is 2.13 bits per heavy atom. The van der Waals surface area contributed by atoms with Gasteiger partial charge in [-0.25, -0.2) is 4.79 Å². The third-order valence-corrected chi connectivity index (χ3v) is 4.16. The minimum absolute atomic E-state index is 0.342. The zero-order valence-electron chi connectivity index (χ0n) is 12.1. The van der Waals surface area contributed by atoms with Gasteiger partial charge < -0.3 is 9.84 Å². The van der Waals surface area contributed by atoms with Crippen molar-refractivity contribution in [2.75, 3.05) is 6.61 Å². The highest BCUT2D eigenvalue weighted by atomic mass is 16.7. The Labute approximate surface area is 131 Å². The van der Waals surface area contributed by atoms with E-state index in [1.807, 2.05) is 42.5 Å².